The van der Waals surface area contributed by atoms with E-state index in [2.05, 4.69) is 9.72 Å². The smallest absolute Gasteiger partial charge is 0.387 e. The molecule has 2 nitrogen and oxygen atoms in total. The molecular formula is C11H18BF2NO. The van der Waals surface area contributed by atoms with Crippen LogP contribution in [0.1, 0.15) is 33.4 Å². The van der Waals surface area contributed by atoms with Crippen molar-refractivity contribution in [2.24, 2.45) is 0 Å². The zero-order valence-electron chi connectivity index (χ0n) is 10.4. The average Bonchev–Trinajstić information content (AvgIpc) is 2.28. The molecule has 0 aromatic carbocycles. The van der Waals surface area contributed by atoms with E-state index >= 15 is 0 Å². The second-order valence-electron chi connectivity index (χ2n) is 2.20. The van der Waals surface area contributed by atoms with Gasteiger partial charge in [-0.1, -0.05) is 27.7 Å². The highest BCUT2D eigenvalue weighted by Gasteiger charge is 2.06. The van der Waals surface area contributed by atoms with Gasteiger partial charge in [-0.05, 0) is 24.6 Å². The van der Waals surface area contributed by atoms with Crippen LogP contribution in [0, 0.1) is 6.92 Å². The number of halogens is 2. The SMILES string of the molecule is CC.CC.[B]c1ccc(OC(F)F)c(C)n1. The number of alkyl halides is 2. The third-order valence-corrected chi connectivity index (χ3v) is 1.27. The molecule has 1 heterocycles. The van der Waals surface area contributed by atoms with E-state index in [9.17, 15) is 8.78 Å². The minimum absolute atomic E-state index is 0.0548. The summed E-state index contributed by atoms with van der Waals surface area (Å²) in [6.07, 6.45) is 0. The number of ether oxygens (including phenoxy) is 1. The summed E-state index contributed by atoms with van der Waals surface area (Å²) in [4.78, 5) is 3.75. The fourth-order valence-corrected chi connectivity index (χ4v) is 0.788. The van der Waals surface area contributed by atoms with E-state index in [-0.39, 0.29) is 11.3 Å². The lowest BCUT2D eigenvalue weighted by molar-refractivity contribution is -0.0505. The molecule has 0 saturated heterocycles. The zero-order valence-corrected chi connectivity index (χ0v) is 10.4. The summed E-state index contributed by atoms with van der Waals surface area (Å²) < 4.78 is 27.6. The topological polar surface area (TPSA) is 22.1 Å². The van der Waals surface area contributed by atoms with Crippen LogP contribution < -0.4 is 10.3 Å². The number of hydrogen-bond acceptors (Lipinski definition) is 2. The summed E-state index contributed by atoms with van der Waals surface area (Å²) >= 11 is 0. The van der Waals surface area contributed by atoms with Crippen LogP contribution in [-0.2, 0) is 0 Å². The van der Waals surface area contributed by atoms with Crippen molar-refractivity contribution in [3.8, 4) is 5.75 Å². The Labute approximate surface area is 97.4 Å². The van der Waals surface area contributed by atoms with Crippen molar-refractivity contribution in [3.05, 3.63) is 17.8 Å². The van der Waals surface area contributed by atoms with E-state index in [0.717, 1.165) is 0 Å². The second-order valence-corrected chi connectivity index (χ2v) is 2.20. The third-order valence-electron chi connectivity index (χ3n) is 1.27. The molecule has 1 aromatic heterocycles. The lowest BCUT2D eigenvalue weighted by Gasteiger charge is -2.06. The molecule has 0 fully saturated rings. The number of rotatable bonds is 2. The monoisotopic (exact) mass is 229 g/mol. The van der Waals surface area contributed by atoms with Crippen LogP contribution in [0.4, 0.5) is 8.78 Å². The normalized spacial score (nSPS) is 8.50. The molecule has 0 aliphatic rings. The first-order valence-corrected chi connectivity index (χ1v) is 5.27. The van der Waals surface area contributed by atoms with Gasteiger partial charge in [-0.15, -0.1) is 0 Å². The Balaban J connectivity index is 0. The summed E-state index contributed by atoms with van der Waals surface area (Å²) in [6, 6.07) is 2.77. The number of pyridine rings is 1. The van der Waals surface area contributed by atoms with Gasteiger partial charge in [0.1, 0.15) is 13.6 Å². The molecule has 1 rings (SSSR count). The molecule has 0 saturated carbocycles. The van der Waals surface area contributed by atoms with Crippen molar-refractivity contribution in [2.45, 2.75) is 41.2 Å². The largest absolute Gasteiger partial charge is 0.433 e. The number of aromatic nitrogens is 1. The van der Waals surface area contributed by atoms with Gasteiger partial charge >= 0.3 is 6.61 Å². The van der Waals surface area contributed by atoms with E-state index in [1.54, 1.807) is 6.92 Å². The maximum absolute atomic E-state index is 11.7. The van der Waals surface area contributed by atoms with Crippen molar-refractivity contribution >= 4 is 13.4 Å². The van der Waals surface area contributed by atoms with Crippen LogP contribution in [0.25, 0.3) is 0 Å². The second kappa shape index (κ2) is 10.4. The van der Waals surface area contributed by atoms with Gasteiger partial charge in [-0.3, -0.25) is 4.98 Å². The maximum Gasteiger partial charge on any atom is 0.387 e. The Bertz CT molecular complexity index is 283. The molecule has 16 heavy (non-hydrogen) atoms. The quantitative estimate of drug-likeness (QED) is 0.727. The minimum Gasteiger partial charge on any atom is -0.433 e. The van der Waals surface area contributed by atoms with Gasteiger partial charge in [-0.2, -0.15) is 8.78 Å². The molecule has 90 valence electrons. The van der Waals surface area contributed by atoms with Crippen molar-refractivity contribution in [1.82, 2.24) is 4.98 Å². The van der Waals surface area contributed by atoms with Crippen LogP contribution >= 0.6 is 0 Å². The first kappa shape index (κ1) is 17.3. The molecule has 0 bridgehead atoms. The van der Waals surface area contributed by atoms with Crippen molar-refractivity contribution < 1.29 is 13.5 Å². The van der Waals surface area contributed by atoms with Crippen molar-refractivity contribution in [3.63, 3.8) is 0 Å². The molecule has 1 aromatic rings. The van der Waals surface area contributed by atoms with Gasteiger partial charge in [0.05, 0.1) is 5.69 Å². The van der Waals surface area contributed by atoms with Crippen molar-refractivity contribution in [2.75, 3.05) is 0 Å². The first-order chi connectivity index (χ1) is 7.59. The third kappa shape index (κ3) is 7.20. The Hall–Kier alpha value is -1.13. The molecule has 0 N–H and O–H groups in total. The van der Waals surface area contributed by atoms with E-state index in [0.29, 0.717) is 5.69 Å². The van der Waals surface area contributed by atoms with Crippen LogP contribution in [0.5, 0.6) is 5.75 Å². The Morgan fingerprint density at radius 3 is 2.06 bits per heavy atom. The lowest BCUT2D eigenvalue weighted by Crippen LogP contribution is -2.11. The van der Waals surface area contributed by atoms with E-state index in [1.807, 2.05) is 27.7 Å². The summed E-state index contributed by atoms with van der Waals surface area (Å²) in [7, 11) is 5.30. The van der Waals surface area contributed by atoms with Gasteiger partial charge in [0.25, 0.3) is 0 Å². The Morgan fingerprint density at radius 2 is 1.69 bits per heavy atom. The molecule has 5 heteroatoms. The van der Waals surface area contributed by atoms with Gasteiger partial charge in [0.2, 0.25) is 0 Å². The summed E-state index contributed by atoms with van der Waals surface area (Å²) in [5.74, 6) is 0.0548. The maximum atomic E-state index is 11.7. The molecule has 0 unspecified atom stereocenters. The standard InChI is InChI=1S/C7H6BF2NO.2C2H6/c1-4-5(12-7(9)10)2-3-6(8)11-4;2*1-2/h2-3,7H,1H3;2*1-2H3. The minimum atomic E-state index is -2.82. The average molecular weight is 229 g/mol. The Morgan fingerprint density at radius 1 is 1.19 bits per heavy atom. The zero-order chi connectivity index (χ0) is 13.1. The highest BCUT2D eigenvalue weighted by Crippen LogP contribution is 2.15. The predicted molar refractivity (Wildman–Crippen MR) is 63.7 cm³/mol. The fraction of sp³-hybridized carbons (Fsp3) is 0.545. The molecule has 0 aliphatic carbocycles. The predicted octanol–water partition coefficient (Wildman–Crippen LogP) is 2.84. The number of hydrogen-bond donors (Lipinski definition) is 0. The summed E-state index contributed by atoms with van der Waals surface area (Å²) in [5, 5.41) is 0. The Kier molecular flexibility index (Phi) is 11.2. The highest BCUT2D eigenvalue weighted by molar-refractivity contribution is 6.30. The molecule has 0 amide bonds. The van der Waals surface area contributed by atoms with Crippen molar-refractivity contribution in [1.29, 1.82) is 0 Å². The van der Waals surface area contributed by atoms with Gasteiger partial charge in [0, 0.05) is 0 Å². The summed E-state index contributed by atoms with van der Waals surface area (Å²) in [6.45, 7) is 6.72. The molecule has 2 radical (unpaired) electrons. The number of aryl methyl sites for hydroxylation is 1. The van der Waals surface area contributed by atoms with Crippen LogP contribution in [-0.4, -0.2) is 19.4 Å². The van der Waals surface area contributed by atoms with Gasteiger partial charge in [-0.25, -0.2) is 0 Å². The van der Waals surface area contributed by atoms with Crippen LogP contribution in [0.15, 0.2) is 12.1 Å². The highest BCUT2D eigenvalue weighted by atomic mass is 19.3. The van der Waals surface area contributed by atoms with E-state index in [4.69, 9.17) is 7.85 Å². The first-order valence-electron chi connectivity index (χ1n) is 5.27. The van der Waals surface area contributed by atoms with E-state index < -0.39 is 6.61 Å². The molecular weight excluding hydrogens is 211 g/mol. The van der Waals surface area contributed by atoms with Crippen LogP contribution in [0.3, 0.4) is 0 Å². The molecule has 0 atom stereocenters. The lowest BCUT2D eigenvalue weighted by atomic mass is 10.0. The van der Waals surface area contributed by atoms with Gasteiger partial charge < -0.3 is 4.74 Å². The molecule has 0 spiro atoms. The summed E-state index contributed by atoms with van der Waals surface area (Å²) in [5.41, 5.74) is 0.643. The van der Waals surface area contributed by atoms with Crippen LogP contribution in [0.2, 0.25) is 0 Å². The van der Waals surface area contributed by atoms with Gasteiger partial charge in [0.15, 0.2) is 0 Å². The number of nitrogens with zero attached hydrogens (tertiary/aromatic N) is 1. The fourth-order valence-electron chi connectivity index (χ4n) is 0.788. The van der Waals surface area contributed by atoms with E-state index in [1.165, 1.54) is 12.1 Å². The molecule has 0 aliphatic heterocycles.